The molecule has 0 fully saturated rings. The van der Waals surface area contributed by atoms with Gasteiger partial charge in [-0.3, -0.25) is 0 Å². The van der Waals surface area contributed by atoms with Crippen LogP contribution in [-0.2, 0) is 10.0 Å². The van der Waals surface area contributed by atoms with Crippen molar-refractivity contribution in [2.45, 2.75) is 4.90 Å². The van der Waals surface area contributed by atoms with E-state index in [9.17, 15) is 17.9 Å². The van der Waals surface area contributed by atoms with Gasteiger partial charge in [0.05, 0.1) is 5.69 Å². The van der Waals surface area contributed by atoms with Crippen LogP contribution in [-0.4, -0.2) is 24.5 Å². The average molecular weight is 381 g/mol. The molecule has 128 valence electrons. The van der Waals surface area contributed by atoms with Crippen LogP contribution < -0.4 is 10.0 Å². The van der Waals surface area contributed by atoms with Gasteiger partial charge in [-0.05, 0) is 18.2 Å². The van der Waals surface area contributed by atoms with Crippen molar-refractivity contribution < 1.29 is 17.9 Å². The molecule has 0 atom stereocenters. The summed E-state index contributed by atoms with van der Waals surface area (Å²) in [4.78, 5) is 6.63. The van der Waals surface area contributed by atoms with E-state index in [1.165, 1.54) is 24.3 Å². The van der Waals surface area contributed by atoms with Crippen molar-refractivity contribution in [2.24, 2.45) is 4.99 Å². The number of hydrogen-bond donors (Lipinski definition) is 4. The molecule has 0 aliphatic carbocycles. The van der Waals surface area contributed by atoms with Crippen LogP contribution in [0.2, 0.25) is 5.02 Å². The summed E-state index contributed by atoms with van der Waals surface area (Å²) in [5.41, 5.74) is 0.464. The number of H-pyrrole nitrogens is 1. The van der Waals surface area contributed by atoms with E-state index < -0.39 is 21.6 Å². The number of aromatic nitrogens is 1. The number of anilines is 1. The second-order valence-corrected chi connectivity index (χ2v) is 7.45. The highest BCUT2D eigenvalue weighted by molar-refractivity contribution is 7.90. The summed E-state index contributed by atoms with van der Waals surface area (Å²) in [6, 6.07) is 6.88. The minimum atomic E-state index is -4.02. The molecule has 7 nitrogen and oxygen atoms in total. The molecule has 0 radical (unpaired) electrons. The van der Waals surface area contributed by atoms with Crippen LogP contribution in [0.3, 0.4) is 0 Å². The van der Waals surface area contributed by atoms with Crippen molar-refractivity contribution in [1.82, 2.24) is 9.71 Å². The molecule has 4 rings (SSSR count). The summed E-state index contributed by atoms with van der Waals surface area (Å²) >= 11 is 5.77. The van der Waals surface area contributed by atoms with Gasteiger partial charge in [-0.1, -0.05) is 11.6 Å². The number of fused-ring (bicyclic) bond motifs is 2. The summed E-state index contributed by atoms with van der Waals surface area (Å²) in [6.45, 7) is 0. The molecular formula is C15H10ClFN4O3S. The Morgan fingerprint density at radius 3 is 2.84 bits per heavy atom. The molecule has 25 heavy (non-hydrogen) atoms. The Labute approximate surface area is 146 Å². The minimum absolute atomic E-state index is 0.0328. The molecule has 2 heterocycles. The topological polar surface area (TPSA) is 107 Å². The Morgan fingerprint density at radius 1 is 1.24 bits per heavy atom. The van der Waals surface area contributed by atoms with Gasteiger partial charge < -0.3 is 15.4 Å². The number of halogens is 2. The third-order valence-electron chi connectivity index (χ3n) is 3.66. The lowest BCUT2D eigenvalue weighted by Crippen LogP contribution is -2.38. The number of phenols is 1. The van der Waals surface area contributed by atoms with Crippen molar-refractivity contribution in [2.75, 3.05) is 5.32 Å². The normalized spacial score (nSPS) is 15.4. The third kappa shape index (κ3) is 2.67. The standard InChI is InChI=1S/C15H10ClFN4O3S/c16-8-4-12(22)14-13(5-8)25(23,24)21-15(20-14)19-11-3-7-1-2-18-10(7)6-9(11)17/h1-6,18,22H,(H2,19,20,21). The Kier molecular flexibility index (Phi) is 3.37. The highest BCUT2D eigenvalue weighted by Crippen LogP contribution is 2.38. The van der Waals surface area contributed by atoms with Crippen molar-refractivity contribution in [3.05, 3.63) is 47.4 Å². The molecule has 0 unspecified atom stereocenters. The quantitative estimate of drug-likeness (QED) is 0.520. The Morgan fingerprint density at radius 2 is 2.04 bits per heavy atom. The van der Waals surface area contributed by atoms with Gasteiger partial charge in [0.2, 0.25) is 5.96 Å². The molecule has 1 aliphatic heterocycles. The Bertz CT molecular complexity index is 1160. The maximum Gasteiger partial charge on any atom is 0.266 e. The lowest BCUT2D eigenvalue weighted by atomic mass is 10.2. The van der Waals surface area contributed by atoms with Crippen LogP contribution in [0.25, 0.3) is 10.9 Å². The van der Waals surface area contributed by atoms with Crippen molar-refractivity contribution in [1.29, 1.82) is 0 Å². The van der Waals surface area contributed by atoms with Crippen molar-refractivity contribution in [3.63, 3.8) is 0 Å². The third-order valence-corrected chi connectivity index (χ3v) is 5.23. The number of aromatic amines is 1. The maximum absolute atomic E-state index is 14.2. The maximum atomic E-state index is 14.2. The van der Waals surface area contributed by atoms with Gasteiger partial charge in [-0.2, -0.15) is 0 Å². The largest absolute Gasteiger partial charge is 0.506 e. The van der Waals surface area contributed by atoms with Gasteiger partial charge in [-0.25, -0.2) is 22.5 Å². The number of guanidine groups is 1. The van der Waals surface area contributed by atoms with E-state index in [0.717, 1.165) is 5.39 Å². The Balaban J connectivity index is 1.80. The first kappa shape index (κ1) is 15.7. The van der Waals surface area contributed by atoms with Crippen LogP contribution >= 0.6 is 11.6 Å². The highest BCUT2D eigenvalue weighted by Gasteiger charge is 2.28. The zero-order chi connectivity index (χ0) is 17.8. The molecule has 2 aromatic carbocycles. The molecule has 3 aromatic rings. The molecule has 4 N–H and O–H groups in total. The molecule has 1 aliphatic rings. The number of sulfonamides is 1. The SMILES string of the molecule is O=S1(=O)NC(Nc2cc3cc[nH]c3cc2F)=Nc2c(O)cc(Cl)cc21. The van der Waals surface area contributed by atoms with E-state index in [1.54, 1.807) is 12.3 Å². The van der Waals surface area contributed by atoms with Gasteiger partial charge in [-0.15, -0.1) is 0 Å². The summed E-state index contributed by atoms with van der Waals surface area (Å²) in [5.74, 6) is -1.23. The number of phenolic OH excluding ortho intramolecular Hbond substituents is 1. The van der Waals surface area contributed by atoms with Crippen LogP contribution in [0.5, 0.6) is 5.75 Å². The number of aromatic hydroxyl groups is 1. The van der Waals surface area contributed by atoms with Crippen molar-refractivity contribution in [3.8, 4) is 5.75 Å². The van der Waals surface area contributed by atoms with E-state index in [0.29, 0.717) is 5.52 Å². The van der Waals surface area contributed by atoms with Gasteiger partial charge in [0.1, 0.15) is 22.1 Å². The van der Waals surface area contributed by atoms with E-state index >= 15 is 0 Å². The highest BCUT2D eigenvalue weighted by atomic mass is 35.5. The van der Waals surface area contributed by atoms with Crippen LogP contribution in [0.1, 0.15) is 0 Å². The van der Waals surface area contributed by atoms with Gasteiger partial charge in [0, 0.05) is 34.3 Å². The average Bonchev–Trinajstić information content (AvgIpc) is 2.95. The number of nitrogens with one attached hydrogen (secondary N) is 3. The fourth-order valence-corrected chi connectivity index (χ4v) is 3.97. The first-order chi connectivity index (χ1) is 11.8. The van der Waals surface area contributed by atoms with Crippen LogP contribution in [0.4, 0.5) is 15.8 Å². The molecule has 10 heteroatoms. The summed E-state index contributed by atoms with van der Waals surface area (Å²) in [7, 11) is -4.02. The lowest BCUT2D eigenvalue weighted by Gasteiger charge is -2.20. The predicted molar refractivity (Wildman–Crippen MR) is 92.4 cm³/mol. The number of aliphatic imine (C=N–C) groups is 1. The van der Waals surface area contributed by atoms with Gasteiger partial charge in [0.25, 0.3) is 10.0 Å². The predicted octanol–water partition coefficient (Wildman–Crippen LogP) is 3.06. The molecular weight excluding hydrogens is 371 g/mol. The second kappa shape index (κ2) is 5.36. The van der Waals surface area contributed by atoms with E-state index in [2.05, 4.69) is 20.0 Å². The zero-order valence-corrected chi connectivity index (χ0v) is 13.9. The minimum Gasteiger partial charge on any atom is -0.506 e. The molecule has 0 saturated carbocycles. The summed E-state index contributed by atoms with van der Waals surface area (Å²) < 4.78 is 41.0. The number of nitrogens with zero attached hydrogens (tertiary/aromatic N) is 1. The monoisotopic (exact) mass is 380 g/mol. The fraction of sp³-hybridized carbons (Fsp3) is 0. The fourth-order valence-electron chi connectivity index (χ4n) is 2.55. The summed E-state index contributed by atoms with van der Waals surface area (Å²) in [6.07, 6.45) is 1.66. The molecule has 0 bridgehead atoms. The van der Waals surface area contributed by atoms with E-state index in [4.69, 9.17) is 11.6 Å². The first-order valence-electron chi connectivity index (χ1n) is 7.01. The smallest absolute Gasteiger partial charge is 0.266 e. The van der Waals surface area contributed by atoms with Gasteiger partial charge in [0.15, 0.2) is 0 Å². The molecule has 0 spiro atoms. The number of benzene rings is 2. The van der Waals surface area contributed by atoms with Crippen LogP contribution in [0, 0.1) is 5.82 Å². The van der Waals surface area contributed by atoms with E-state index in [1.807, 2.05) is 0 Å². The summed E-state index contributed by atoms with van der Waals surface area (Å²) in [5, 5.41) is 13.3. The molecule has 1 aromatic heterocycles. The molecule has 0 amide bonds. The van der Waals surface area contributed by atoms with Crippen LogP contribution in [0.15, 0.2) is 46.4 Å². The Hall–Kier alpha value is -2.78. The molecule has 0 saturated heterocycles. The zero-order valence-electron chi connectivity index (χ0n) is 12.3. The van der Waals surface area contributed by atoms with Gasteiger partial charge >= 0.3 is 0 Å². The number of hydrogen-bond acceptors (Lipinski definition) is 5. The second-order valence-electron chi connectivity index (χ2n) is 5.36. The number of rotatable bonds is 1. The van der Waals surface area contributed by atoms with Crippen molar-refractivity contribution >= 4 is 49.9 Å². The first-order valence-corrected chi connectivity index (χ1v) is 8.87. The van der Waals surface area contributed by atoms with E-state index in [-0.39, 0.29) is 27.3 Å². The lowest BCUT2D eigenvalue weighted by molar-refractivity contribution is 0.474.